The number of aliphatic hydroxyl groups excluding tert-OH is 1. The third kappa shape index (κ3) is 73.3. The van der Waals surface area contributed by atoms with E-state index in [-0.39, 0.29) is 25.7 Å². The first-order valence-electron chi connectivity index (χ1n) is 39.1. The third-order valence-corrected chi connectivity index (χ3v) is 17.7. The monoisotopic (exact) mass is 1470 g/mol. The van der Waals surface area contributed by atoms with Crippen molar-refractivity contribution in [1.82, 2.24) is 0 Å². The normalized spacial score (nSPS) is 14.7. The molecule has 0 spiro atoms. The van der Waals surface area contributed by atoms with Gasteiger partial charge in [-0.3, -0.25) is 37.3 Å². The first-order valence-corrected chi connectivity index (χ1v) is 42.1. The second kappa shape index (κ2) is 74.2. The van der Waals surface area contributed by atoms with Crippen LogP contribution < -0.4 is 0 Å². The highest BCUT2D eigenvalue weighted by Crippen LogP contribution is 2.45. The van der Waals surface area contributed by atoms with Gasteiger partial charge in [-0.05, 0) is 148 Å². The number of rotatable bonds is 72. The Labute approximate surface area is 617 Å². The lowest BCUT2D eigenvalue weighted by molar-refractivity contribution is -0.161. The van der Waals surface area contributed by atoms with Crippen LogP contribution in [-0.4, -0.2) is 96.7 Å². The van der Waals surface area contributed by atoms with Crippen LogP contribution in [0.2, 0.25) is 0 Å². The van der Waals surface area contributed by atoms with Crippen LogP contribution >= 0.6 is 15.6 Å². The summed E-state index contributed by atoms with van der Waals surface area (Å²) in [5.74, 6) is -2.37. The van der Waals surface area contributed by atoms with Gasteiger partial charge in [0.15, 0.2) is 12.2 Å². The van der Waals surface area contributed by atoms with E-state index in [4.69, 9.17) is 37.0 Å². The maximum atomic E-state index is 13.1. The minimum absolute atomic E-state index is 0.0614. The van der Waals surface area contributed by atoms with Gasteiger partial charge in [0.05, 0.1) is 32.8 Å². The molecule has 3 N–H and O–H groups in total. The number of allylic oxidation sites excluding steroid dienone is 23. The quantitative estimate of drug-likeness (QED) is 0.0169. The van der Waals surface area contributed by atoms with E-state index in [0.717, 1.165) is 173 Å². The molecule has 5 atom stereocenters. The van der Waals surface area contributed by atoms with Crippen LogP contribution in [0.3, 0.4) is 0 Å². The molecule has 0 rings (SSSR count). The highest BCUT2D eigenvalue weighted by molar-refractivity contribution is 7.47. The Morgan fingerprint density at radius 2 is 0.549 bits per heavy atom. The molecule has 0 aromatic heterocycles. The predicted octanol–water partition coefficient (Wildman–Crippen LogP) is 22.7. The fraction of sp³-hybridized carbons (Fsp3) is 0.663. The van der Waals surface area contributed by atoms with E-state index < -0.39 is 97.5 Å². The molecule has 0 radical (unpaired) electrons. The molecule has 0 fully saturated rings. The van der Waals surface area contributed by atoms with Gasteiger partial charge in [-0.15, -0.1) is 0 Å². The molecule has 17 nitrogen and oxygen atoms in total. The number of carbonyl (C=O) groups is 4. The fourth-order valence-electron chi connectivity index (χ4n) is 9.90. The van der Waals surface area contributed by atoms with Gasteiger partial charge < -0.3 is 33.8 Å². The summed E-state index contributed by atoms with van der Waals surface area (Å²) in [6.45, 7) is 4.44. The molecule has 0 saturated carbocycles. The smallest absolute Gasteiger partial charge is 0.462 e. The van der Waals surface area contributed by atoms with Crippen molar-refractivity contribution < 1.29 is 80.2 Å². The number of aliphatic hydroxyl groups is 1. The molecule has 19 heteroatoms. The number of esters is 4. The maximum Gasteiger partial charge on any atom is 0.472 e. The second-order valence-corrected chi connectivity index (χ2v) is 28.5. The van der Waals surface area contributed by atoms with Crippen LogP contribution in [0, 0.1) is 0 Å². The van der Waals surface area contributed by atoms with Gasteiger partial charge in [-0.25, -0.2) is 9.13 Å². The summed E-state index contributed by atoms with van der Waals surface area (Å²) in [6.07, 6.45) is 84.3. The molecule has 0 bridgehead atoms. The largest absolute Gasteiger partial charge is 0.472 e. The van der Waals surface area contributed by atoms with Crippen molar-refractivity contribution in [2.45, 2.75) is 316 Å². The fourth-order valence-corrected chi connectivity index (χ4v) is 11.5. The van der Waals surface area contributed by atoms with Crippen molar-refractivity contribution >= 4 is 39.5 Å². The molecule has 0 aromatic rings. The molecule has 0 amide bonds. The van der Waals surface area contributed by atoms with Crippen LogP contribution in [0.5, 0.6) is 0 Å². The average molecular weight is 1470 g/mol. The molecule has 0 heterocycles. The summed E-state index contributed by atoms with van der Waals surface area (Å²) in [5, 5.41) is 10.6. The molecule has 0 aromatic carbocycles. The number of carbonyl (C=O) groups excluding carboxylic acids is 4. The zero-order chi connectivity index (χ0) is 74.6. The Hall–Kier alpha value is -5.06. The van der Waals surface area contributed by atoms with Crippen molar-refractivity contribution in [3.63, 3.8) is 0 Å². The molecule has 0 aliphatic rings. The highest BCUT2D eigenvalue weighted by Gasteiger charge is 2.30. The Kier molecular flexibility index (Phi) is 70.5. The first-order chi connectivity index (χ1) is 49.7. The standard InChI is InChI=1S/C83H138O17P2/c1-5-9-13-17-21-25-29-33-36-37-38-39-42-45-48-52-56-60-64-68-81(86)94-74-79(100-83(88)70-66-62-58-54-50-46-41-35-31-27-23-19-15-11-7-3)76-98-102(91,92)96-72-77(84)71-95-101(89,90)97-75-78(99-82(87)69-65-61-57-53-49-43-32-28-24-20-16-12-8-4)73-93-80(85)67-63-59-55-51-47-44-40-34-30-26-22-18-14-10-6-2/h10-11,14-15,21-23,25-28,32-36,38-41,47,51,59,63,77-79,84H,5-9,12-13,16-20,24,29-31,37,42-46,48-50,52-58,60-62,64-76H2,1-4H3,(H,89,90)(H,91,92)/b14-10-,15-11-,25-21-,26-22-,27-23-,32-28-,36-33-,39-38-,40-34-,41-35-,51-47-,63-59-. The number of hydrogen-bond acceptors (Lipinski definition) is 15. The summed E-state index contributed by atoms with van der Waals surface area (Å²) in [7, 11) is -10.00. The van der Waals surface area contributed by atoms with E-state index in [0.29, 0.717) is 25.7 Å². The van der Waals surface area contributed by atoms with Crippen molar-refractivity contribution in [2.24, 2.45) is 0 Å². The average Bonchev–Trinajstić information content (AvgIpc) is 0.909. The number of hydrogen-bond donors (Lipinski definition) is 3. The number of unbranched alkanes of at least 4 members (excludes halogenated alkanes) is 23. The highest BCUT2D eigenvalue weighted by atomic mass is 31.2. The number of phosphoric acid groups is 2. The van der Waals surface area contributed by atoms with Gasteiger partial charge in [0.2, 0.25) is 0 Å². The Morgan fingerprint density at radius 3 is 0.902 bits per heavy atom. The van der Waals surface area contributed by atoms with Crippen molar-refractivity contribution in [3.05, 3.63) is 146 Å². The second-order valence-electron chi connectivity index (χ2n) is 25.5. The van der Waals surface area contributed by atoms with Crippen molar-refractivity contribution in [3.8, 4) is 0 Å². The SMILES string of the molecule is CC/C=C\C/C=C\C/C=C\C/C=C\C/C=C\CC(=O)OCC(COP(=O)(O)OCC(O)COP(=O)(O)OCC(COC(=O)CCCCCCCC/C=C\C/C=C\C/C=C\CCCCC)OC(=O)CCCCCCC/C=C\C/C=C\C/C=C\CC)OC(=O)CCCCCCC/C=C\CCCCCC. The molecule has 0 saturated heterocycles. The van der Waals surface area contributed by atoms with E-state index in [2.05, 4.69) is 149 Å². The van der Waals surface area contributed by atoms with Gasteiger partial charge >= 0.3 is 39.5 Å². The lowest BCUT2D eigenvalue weighted by Gasteiger charge is -2.21. The molecular formula is C83H138O17P2. The zero-order valence-electron chi connectivity index (χ0n) is 63.5. The predicted molar refractivity (Wildman–Crippen MR) is 417 cm³/mol. The van der Waals surface area contributed by atoms with Gasteiger partial charge in [0, 0.05) is 19.3 Å². The van der Waals surface area contributed by atoms with E-state index >= 15 is 0 Å². The molecule has 582 valence electrons. The van der Waals surface area contributed by atoms with E-state index in [1.807, 2.05) is 18.2 Å². The molecule has 102 heavy (non-hydrogen) atoms. The Morgan fingerprint density at radius 1 is 0.294 bits per heavy atom. The third-order valence-electron chi connectivity index (χ3n) is 15.8. The summed E-state index contributed by atoms with van der Waals surface area (Å²) in [4.78, 5) is 72.9. The minimum atomic E-state index is -5.00. The van der Waals surface area contributed by atoms with Gasteiger partial charge in [0.1, 0.15) is 19.3 Å². The number of phosphoric ester groups is 2. The van der Waals surface area contributed by atoms with Crippen LogP contribution in [0.4, 0.5) is 0 Å². The minimum Gasteiger partial charge on any atom is -0.462 e. The van der Waals surface area contributed by atoms with E-state index in [9.17, 15) is 43.2 Å². The van der Waals surface area contributed by atoms with Crippen LogP contribution in [0.25, 0.3) is 0 Å². The topological polar surface area (TPSA) is 237 Å². The van der Waals surface area contributed by atoms with Gasteiger partial charge in [-0.2, -0.15) is 0 Å². The van der Waals surface area contributed by atoms with E-state index in [1.54, 1.807) is 6.08 Å². The van der Waals surface area contributed by atoms with Crippen LogP contribution in [-0.2, 0) is 65.4 Å². The lowest BCUT2D eigenvalue weighted by atomic mass is 10.1. The summed E-state index contributed by atoms with van der Waals surface area (Å²) in [5.41, 5.74) is 0. The summed E-state index contributed by atoms with van der Waals surface area (Å²) >= 11 is 0. The zero-order valence-corrected chi connectivity index (χ0v) is 65.3. The maximum absolute atomic E-state index is 13.1. The molecule has 0 aliphatic carbocycles. The molecule has 0 aliphatic heterocycles. The number of ether oxygens (including phenoxy) is 4. The lowest BCUT2D eigenvalue weighted by Crippen LogP contribution is -2.30. The van der Waals surface area contributed by atoms with Gasteiger partial charge in [0.25, 0.3) is 0 Å². The van der Waals surface area contributed by atoms with Crippen LogP contribution in [0.1, 0.15) is 297 Å². The van der Waals surface area contributed by atoms with Gasteiger partial charge in [-0.1, -0.05) is 270 Å². The van der Waals surface area contributed by atoms with Crippen LogP contribution in [0.15, 0.2) is 146 Å². The molecular weight excluding hydrogens is 1330 g/mol. The Balaban J connectivity index is 5.44. The first kappa shape index (κ1) is 96.9. The summed E-state index contributed by atoms with van der Waals surface area (Å²) < 4.78 is 68.4. The van der Waals surface area contributed by atoms with E-state index in [1.165, 1.54) is 44.9 Å². The Bertz CT molecular complexity index is 2510. The summed E-state index contributed by atoms with van der Waals surface area (Å²) in [6, 6.07) is 0. The van der Waals surface area contributed by atoms with Crippen molar-refractivity contribution in [2.75, 3.05) is 39.6 Å². The molecule has 5 unspecified atom stereocenters. The van der Waals surface area contributed by atoms with Crippen molar-refractivity contribution in [1.29, 1.82) is 0 Å².